The van der Waals surface area contributed by atoms with Gasteiger partial charge in [0.1, 0.15) is 11.6 Å². The maximum absolute atomic E-state index is 13.7. The highest BCUT2D eigenvalue weighted by Gasteiger charge is 2.34. The first-order chi connectivity index (χ1) is 13.8. The minimum Gasteiger partial charge on any atom is -0.467 e. The van der Waals surface area contributed by atoms with E-state index < -0.39 is 0 Å². The lowest BCUT2D eigenvalue weighted by Crippen LogP contribution is -2.52. The summed E-state index contributed by atoms with van der Waals surface area (Å²) in [6.45, 7) is 6.66. The summed E-state index contributed by atoms with van der Waals surface area (Å²) < 4.78 is 19.0. The molecule has 1 aliphatic rings. The topological polar surface area (TPSA) is 74.6 Å². The minimum absolute atomic E-state index is 0.00201. The molecule has 0 unspecified atom stereocenters. The third kappa shape index (κ3) is 5.37. The molecule has 2 N–H and O–H groups in total. The molecule has 6 nitrogen and oxygen atoms in total. The third-order valence-electron chi connectivity index (χ3n) is 5.19. The van der Waals surface area contributed by atoms with Crippen LogP contribution in [-0.2, 0) is 11.3 Å². The molecule has 2 aromatic rings. The van der Waals surface area contributed by atoms with Crippen molar-refractivity contribution in [3.05, 3.63) is 59.3 Å². The van der Waals surface area contributed by atoms with Crippen molar-refractivity contribution in [1.29, 1.82) is 0 Å². The van der Waals surface area contributed by atoms with Crippen LogP contribution >= 0.6 is 0 Å². The van der Waals surface area contributed by atoms with E-state index in [2.05, 4.69) is 10.6 Å². The Balaban J connectivity index is 1.76. The van der Waals surface area contributed by atoms with Gasteiger partial charge in [-0.1, -0.05) is 12.1 Å². The molecular weight excluding hydrogens is 373 g/mol. The first-order valence-corrected chi connectivity index (χ1v) is 9.95. The lowest BCUT2D eigenvalue weighted by atomic mass is 9.83. The van der Waals surface area contributed by atoms with E-state index >= 15 is 0 Å². The van der Waals surface area contributed by atoms with Gasteiger partial charge >= 0.3 is 6.03 Å². The molecule has 3 amide bonds. The van der Waals surface area contributed by atoms with Crippen molar-refractivity contribution in [1.82, 2.24) is 15.5 Å². The zero-order chi connectivity index (χ0) is 21.0. The zero-order valence-corrected chi connectivity index (χ0v) is 17.1. The number of nitrogens with zero attached hydrogens (tertiary/aromatic N) is 1. The third-order valence-corrected chi connectivity index (χ3v) is 5.19. The van der Waals surface area contributed by atoms with Crippen LogP contribution < -0.4 is 10.6 Å². The summed E-state index contributed by atoms with van der Waals surface area (Å²) in [5, 5.41) is 5.80. The highest BCUT2D eigenvalue weighted by atomic mass is 19.1. The Bertz CT molecular complexity index is 851. The largest absolute Gasteiger partial charge is 0.467 e. The fraction of sp³-hybridized carbons (Fsp3) is 0.455. The molecule has 0 radical (unpaired) electrons. The highest BCUT2D eigenvalue weighted by Crippen LogP contribution is 2.31. The van der Waals surface area contributed by atoms with E-state index in [4.69, 9.17) is 4.42 Å². The van der Waals surface area contributed by atoms with Crippen LogP contribution in [-0.4, -0.2) is 36.0 Å². The fourth-order valence-corrected chi connectivity index (χ4v) is 3.69. The number of carbonyl (C=O) groups excluding carboxylic acids is 2. The number of nitrogens with one attached hydrogen (secondary N) is 2. The molecule has 3 rings (SSSR count). The second-order valence-electron chi connectivity index (χ2n) is 7.94. The second-order valence-corrected chi connectivity index (χ2v) is 7.94. The number of piperidine rings is 1. The summed E-state index contributed by atoms with van der Waals surface area (Å²) in [5.41, 5.74) is 1.50. The summed E-state index contributed by atoms with van der Waals surface area (Å²) >= 11 is 0. The van der Waals surface area contributed by atoms with Gasteiger partial charge in [0.25, 0.3) is 0 Å². The number of rotatable bonds is 5. The Morgan fingerprint density at radius 1 is 1.28 bits per heavy atom. The van der Waals surface area contributed by atoms with Crippen LogP contribution in [0.2, 0.25) is 0 Å². The van der Waals surface area contributed by atoms with Crippen molar-refractivity contribution in [2.75, 3.05) is 13.1 Å². The van der Waals surface area contributed by atoms with Crippen LogP contribution in [0.15, 0.2) is 41.0 Å². The number of aryl methyl sites for hydroxylation is 1. The molecule has 0 aliphatic carbocycles. The van der Waals surface area contributed by atoms with Crippen LogP contribution in [0.4, 0.5) is 9.18 Å². The minimum atomic E-state index is -0.355. The molecule has 1 aromatic heterocycles. The number of benzene rings is 1. The second kappa shape index (κ2) is 9.11. The van der Waals surface area contributed by atoms with Gasteiger partial charge in [-0.25, -0.2) is 9.18 Å². The Morgan fingerprint density at radius 2 is 2.07 bits per heavy atom. The van der Waals surface area contributed by atoms with Gasteiger partial charge in [-0.05, 0) is 56.5 Å². The molecule has 29 heavy (non-hydrogen) atoms. The van der Waals surface area contributed by atoms with Crippen LogP contribution in [0.3, 0.4) is 0 Å². The summed E-state index contributed by atoms with van der Waals surface area (Å²) in [6, 6.07) is 8.38. The molecule has 2 atom stereocenters. The molecule has 0 saturated carbocycles. The number of hydrogen-bond donors (Lipinski definition) is 2. The SMILES string of the molecule is Cc1cc([C@@H]2C[C@H](C(=O)NCc3ccco3)CN(C(=O)NC(C)C)C2)ccc1F. The van der Waals surface area contributed by atoms with E-state index in [1.54, 1.807) is 36.3 Å². The van der Waals surface area contributed by atoms with E-state index in [1.165, 1.54) is 6.07 Å². The number of halogens is 1. The zero-order valence-electron chi connectivity index (χ0n) is 17.1. The number of carbonyl (C=O) groups is 2. The molecule has 1 saturated heterocycles. The molecular formula is C22H28FN3O3. The average molecular weight is 401 g/mol. The van der Waals surface area contributed by atoms with Gasteiger partial charge in [-0.3, -0.25) is 4.79 Å². The van der Waals surface area contributed by atoms with E-state index in [9.17, 15) is 14.0 Å². The first-order valence-electron chi connectivity index (χ1n) is 9.95. The van der Waals surface area contributed by atoms with E-state index in [-0.39, 0.29) is 35.6 Å². The van der Waals surface area contributed by atoms with Crippen LogP contribution in [0, 0.1) is 18.7 Å². The smallest absolute Gasteiger partial charge is 0.317 e. The number of urea groups is 1. The summed E-state index contributed by atoms with van der Waals surface area (Å²) in [5.74, 6) is -0.0967. The van der Waals surface area contributed by atoms with Gasteiger partial charge in [0.05, 0.1) is 18.7 Å². The standard InChI is InChI=1S/C22H28FN3O3/c1-14(2)25-22(28)26-12-17(16-6-7-20(23)15(3)9-16)10-18(13-26)21(27)24-11-19-5-4-8-29-19/h4-9,14,17-18H,10-13H2,1-3H3,(H,24,27)(H,25,28)/t17-,18+/m1/s1. The number of hydrogen-bond acceptors (Lipinski definition) is 3. The molecule has 0 spiro atoms. The fourth-order valence-electron chi connectivity index (χ4n) is 3.69. The molecule has 1 aliphatic heterocycles. The lowest BCUT2D eigenvalue weighted by molar-refractivity contribution is -0.126. The maximum atomic E-state index is 13.7. The molecule has 156 valence electrons. The van der Waals surface area contributed by atoms with Gasteiger partial charge in [0.2, 0.25) is 5.91 Å². The Labute approximate surface area is 170 Å². The van der Waals surface area contributed by atoms with Gasteiger partial charge in [-0.2, -0.15) is 0 Å². The Kier molecular flexibility index (Phi) is 6.56. The summed E-state index contributed by atoms with van der Waals surface area (Å²) in [7, 11) is 0. The summed E-state index contributed by atoms with van der Waals surface area (Å²) in [6.07, 6.45) is 2.16. The van der Waals surface area contributed by atoms with Crippen molar-refractivity contribution in [3.63, 3.8) is 0 Å². The molecule has 1 aromatic carbocycles. The molecule has 2 heterocycles. The predicted octanol–water partition coefficient (Wildman–Crippen LogP) is 3.57. The number of likely N-dealkylation sites (tertiary alicyclic amines) is 1. The van der Waals surface area contributed by atoms with E-state index in [1.807, 2.05) is 19.9 Å². The van der Waals surface area contributed by atoms with Gasteiger partial charge in [0.15, 0.2) is 0 Å². The lowest BCUT2D eigenvalue weighted by Gasteiger charge is -2.37. The Hall–Kier alpha value is -2.83. The van der Waals surface area contributed by atoms with Gasteiger partial charge < -0.3 is 20.0 Å². The van der Waals surface area contributed by atoms with Crippen LogP contribution in [0.1, 0.15) is 43.1 Å². The Morgan fingerprint density at radius 3 is 2.72 bits per heavy atom. The van der Waals surface area contributed by atoms with Crippen molar-refractivity contribution in [3.8, 4) is 0 Å². The molecule has 0 bridgehead atoms. The molecule has 1 fully saturated rings. The van der Waals surface area contributed by atoms with Gasteiger partial charge in [0, 0.05) is 25.0 Å². The van der Waals surface area contributed by atoms with Crippen molar-refractivity contribution in [2.45, 2.75) is 45.7 Å². The van der Waals surface area contributed by atoms with Gasteiger partial charge in [-0.15, -0.1) is 0 Å². The van der Waals surface area contributed by atoms with Crippen LogP contribution in [0.5, 0.6) is 0 Å². The monoisotopic (exact) mass is 401 g/mol. The quantitative estimate of drug-likeness (QED) is 0.804. The average Bonchev–Trinajstić information content (AvgIpc) is 3.21. The van der Waals surface area contributed by atoms with E-state index in [0.29, 0.717) is 37.4 Å². The van der Waals surface area contributed by atoms with Crippen molar-refractivity contribution in [2.24, 2.45) is 5.92 Å². The van der Waals surface area contributed by atoms with Crippen molar-refractivity contribution >= 4 is 11.9 Å². The normalized spacial score (nSPS) is 19.3. The predicted molar refractivity (Wildman–Crippen MR) is 108 cm³/mol. The molecule has 7 heteroatoms. The summed E-state index contributed by atoms with van der Waals surface area (Å²) in [4.78, 5) is 27.1. The van der Waals surface area contributed by atoms with E-state index in [0.717, 1.165) is 5.56 Å². The number of furan rings is 1. The number of amides is 3. The van der Waals surface area contributed by atoms with Crippen molar-refractivity contribution < 1.29 is 18.4 Å². The highest BCUT2D eigenvalue weighted by molar-refractivity contribution is 5.81. The first kappa shape index (κ1) is 20.9. The maximum Gasteiger partial charge on any atom is 0.317 e. The van der Waals surface area contributed by atoms with Crippen LogP contribution in [0.25, 0.3) is 0 Å².